The first kappa shape index (κ1) is 11.3. The lowest BCUT2D eigenvalue weighted by molar-refractivity contribution is -0.140. The molecule has 0 aliphatic rings. The lowest BCUT2D eigenvalue weighted by atomic mass is 10.3. The Morgan fingerprint density at radius 3 is 2.71 bits per heavy atom. The van der Waals surface area contributed by atoms with Crippen LogP contribution in [-0.4, -0.2) is 11.5 Å². The van der Waals surface area contributed by atoms with E-state index in [0.29, 0.717) is 11.7 Å². The summed E-state index contributed by atoms with van der Waals surface area (Å²) in [6, 6.07) is 0. The Hall–Kier alpha value is -0.780. The molecule has 0 aliphatic heterocycles. The predicted molar refractivity (Wildman–Crippen MR) is 50.5 cm³/mol. The molecule has 2 nitrogen and oxygen atoms in total. The number of thiazole rings is 1. The van der Waals surface area contributed by atoms with E-state index in [9.17, 15) is 13.2 Å². The van der Waals surface area contributed by atoms with Crippen LogP contribution in [0.15, 0.2) is 5.38 Å². The maximum atomic E-state index is 12.1. The first-order chi connectivity index (χ1) is 6.54. The molecule has 1 aromatic rings. The van der Waals surface area contributed by atoms with Crippen molar-refractivity contribution >= 4 is 16.5 Å². The molecule has 0 amide bonds. The summed E-state index contributed by atoms with van der Waals surface area (Å²) in [5.41, 5.74) is -0.818. The zero-order chi connectivity index (χ0) is 10.6. The third-order valence-corrected chi connectivity index (χ3v) is 2.40. The van der Waals surface area contributed by atoms with Crippen molar-refractivity contribution in [3.05, 3.63) is 11.1 Å². The van der Waals surface area contributed by atoms with Gasteiger partial charge in [-0.2, -0.15) is 13.2 Å². The van der Waals surface area contributed by atoms with Crippen LogP contribution in [0, 0.1) is 0 Å². The maximum absolute atomic E-state index is 12.1. The molecule has 0 atom stereocenters. The van der Waals surface area contributed by atoms with Crippen molar-refractivity contribution in [2.45, 2.75) is 25.9 Å². The second kappa shape index (κ2) is 4.63. The van der Waals surface area contributed by atoms with Crippen molar-refractivity contribution in [2.75, 3.05) is 11.9 Å². The lowest BCUT2D eigenvalue weighted by Crippen LogP contribution is -2.06. The highest BCUT2D eigenvalue weighted by Gasteiger charge is 2.33. The zero-order valence-corrected chi connectivity index (χ0v) is 8.50. The molecule has 6 heteroatoms. The third kappa shape index (κ3) is 3.17. The summed E-state index contributed by atoms with van der Waals surface area (Å²) in [5.74, 6) is 0. The minimum atomic E-state index is -4.33. The van der Waals surface area contributed by atoms with Gasteiger partial charge in [0.2, 0.25) is 0 Å². The molecular formula is C8H11F3N2S. The first-order valence-corrected chi connectivity index (χ1v) is 5.18. The number of hydrogen-bond acceptors (Lipinski definition) is 3. The van der Waals surface area contributed by atoms with Crippen LogP contribution in [0.2, 0.25) is 0 Å². The molecule has 1 rings (SSSR count). The van der Waals surface area contributed by atoms with Gasteiger partial charge < -0.3 is 5.32 Å². The molecule has 0 spiro atoms. The average molecular weight is 224 g/mol. The maximum Gasteiger partial charge on any atom is 0.434 e. The van der Waals surface area contributed by atoms with Crippen molar-refractivity contribution in [3.63, 3.8) is 0 Å². The van der Waals surface area contributed by atoms with Crippen molar-refractivity contribution in [1.82, 2.24) is 4.98 Å². The number of unbranched alkanes of at least 4 members (excludes halogenated alkanes) is 1. The second-order valence-electron chi connectivity index (χ2n) is 2.82. The van der Waals surface area contributed by atoms with Crippen LogP contribution in [-0.2, 0) is 6.18 Å². The molecule has 0 radical (unpaired) electrons. The summed E-state index contributed by atoms with van der Waals surface area (Å²) in [4.78, 5) is 3.44. The third-order valence-electron chi connectivity index (χ3n) is 1.60. The Morgan fingerprint density at radius 2 is 2.21 bits per heavy atom. The number of nitrogens with zero attached hydrogens (tertiary/aromatic N) is 1. The van der Waals surface area contributed by atoms with E-state index in [1.165, 1.54) is 0 Å². The molecular weight excluding hydrogens is 213 g/mol. The number of rotatable bonds is 4. The zero-order valence-electron chi connectivity index (χ0n) is 7.69. The molecule has 0 saturated carbocycles. The van der Waals surface area contributed by atoms with E-state index in [2.05, 4.69) is 10.3 Å². The summed E-state index contributed by atoms with van der Waals surface area (Å²) < 4.78 is 36.3. The van der Waals surface area contributed by atoms with Gasteiger partial charge in [0.05, 0.1) is 0 Å². The molecule has 1 aromatic heterocycles. The van der Waals surface area contributed by atoms with Gasteiger partial charge in [0.15, 0.2) is 10.8 Å². The van der Waals surface area contributed by atoms with Gasteiger partial charge in [-0.25, -0.2) is 4.98 Å². The SMILES string of the molecule is CCCCNc1nc(C(F)(F)F)cs1. The minimum Gasteiger partial charge on any atom is -0.362 e. The Morgan fingerprint density at radius 1 is 1.50 bits per heavy atom. The molecule has 80 valence electrons. The minimum absolute atomic E-state index is 0.339. The lowest BCUT2D eigenvalue weighted by Gasteiger charge is -2.01. The molecule has 1 heterocycles. The number of halogens is 3. The van der Waals surface area contributed by atoms with Gasteiger partial charge in [0.1, 0.15) is 0 Å². The van der Waals surface area contributed by atoms with E-state index in [0.717, 1.165) is 29.6 Å². The van der Waals surface area contributed by atoms with Crippen molar-refractivity contribution in [1.29, 1.82) is 0 Å². The van der Waals surface area contributed by atoms with Crippen LogP contribution < -0.4 is 5.32 Å². The largest absolute Gasteiger partial charge is 0.434 e. The fourth-order valence-corrected chi connectivity index (χ4v) is 1.60. The number of aromatic nitrogens is 1. The van der Waals surface area contributed by atoms with Gasteiger partial charge in [0, 0.05) is 11.9 Å². The van der Waals surface area contributed by atoms with E-state index in [-0.39, 0.29) is 0 Å². The molecule has 0 unspecified atom stereocenters. The van der Waals surface area contributed by atoms with Gasteiger partial charge in [-0.1, -0.05) is 13.3 Å². The van der Waals surface area contributed by atoms with Crippen molar-refractivity contribution in [2.24, 2.45) is 0 Å². The van der Waals surface area contributed by atoms with Crippen LogP contribution >= 0.6 is 11.3 Å². The average Bonchev–Trinajstić information content (AvgIpc) is 2.52. The van der Waals surface area contributed by atoms with E-state index >= 15 is 0 Å². The Balaban J connectivity index is 2.51. The predicted octanol–water partition coefficient (Wildman–Crippen LogP) is 3.37. The Bertz CT molecular complexity index is 282. The number of hydrogen-bond donors (Lipinski definition) is 1. The fraction of sp³-hybridized carbons (Fsp3) is 0.625. The van der Waals surface area contributed by atoms with Crippen LogP contribution in [0.4, 0.5) is 18.3 Å². The van der Waals surface area contributed by atoms with Gasteiger partial charge >= 0.3 is 6.18 Å². The summed E-state index contributed by atoms with van der Waals surface area (Å²) in [6.07, 6.45) is -2.40. The van der Waals surface area contributed by atoms with Gasteiger partial charge in [-0.3, -0.25) is 0 Å². The molecule has 0 aromatic carbocycles. The van der Waals surface area contributed by atoms with Crippen molar-refractivity contribution in [3.8, 4) is 0 Å². The topological polar surface area (TPSA) is 24.9 Å². The molecule has 0 aliphatic carbocycles. The van der Waals surface area contributed by atoms with E-state index in [4.69, 9.17) is 0 Å². The van der Waals surface area contributed by atoms with Crippen LogP contribution in [0.25, 0.3) is 0 Å². The molecule has 0 bridgehead atoms. The molecule has 1 N–H and O–H groups in total. The van der Waals surface area contributed by atoms with E-state index in [1.54, 1.807) is 0 Å². The number of anilines is 1. The normalized spacial score (nSPS) is 11.7. The van der Waals surface area contributed by atoms with Crippen LogP contribution in [0.3, 0.4) is 0 Å². The summed E-state index contributed by atoms with van der Waals surface area (Å²) >= 11 is 0.985. The Kier molecular flexibility index (Phi) is 3.74. The highest BCUT2D eigenvalue weighted by molar-refractivity contribution is 7.13. The standard InChI is InChI=1S/C8H11F3N2S/c1-2-3-4-12-7-13-6(5-14-7)8(9,10)11/h5H,2-4H2,1H3,(H,12,13). The molecule has 0 saturated heterocycles. The smallest absolute Gasteiger partial charge is 0.362 e. The monoisotopic (exact) mass is 224 g/mol. The second-order valence-corrected chi connectivity index (χ2v) is 3.67. The van der Waals surface area contributed by atoms with Gasteiger partial charge in [-0.05, 0) is 6.42 Å². The van der Waals surface area contributed by atoms with Crippen LogP contribution in [0.5, 0.6) is 0 Å². The summed E-state index contributed by atoms with van der Waals surface area (Å²) in [6.45, 7) is 2.69. The summed E-state index contributed by atoms with van der Waals surface area (Å²) in [7, 11) is 0. The Labute approximate surface area is 84.2 Å². The molecule has 0 fully saturated rings. The highest BCUT2D eigenvalue weighted by atomic mass is 32.1. The van der Waals surface area contributed by atoms with Gasteiger partial charge in [0.25, 0.3) is 0 Å². The fourth-order valence-electron chi connectivity index (χ4n) is 0.857. The summed E-state index contributed by atoms with van der Waals surface area (Å²) in [5, 5.41) is 4.21. The highest BCUT2D eigenvalue weighted by Crippen LogP contribution is 2.31. The first-order valence-electron chi connectivity index (χ1n) is 4.30. The number of nitrogens with one attached hydrogen (secondary N) is 1. The van der Waals surface area contributed by atoms with Crippen molar-refractivity contribution < 1.29 is 13.2 Å². The molecule has 14 heavy (non-hydrogen) atoms. The van der Waals surface area contributed by atoms with Crippen LogP contribution in [0.1, 0.15) is 25.5 Å². The quantitative estimate of drug-likeness (QED) is 0.793. The number of alkyl halides is 3. The van der Waals surface area contributed by atoms with E-state index < -0.39 is 11.9 Å². The van der Waals surface area contributed by atoms with E-state index in [1.807, 2.05) is 6.92 Å². The van der Waals surface area contributed by atoms with Gasteiger partial charge in [-0.15, -0.1) is 11.3 Å².